The van der Waals surface area contributed by atoms with Crippen LogP contribution in [0.1, 0.15) is 20.8 Å². The van der Waals surface area contributed by atoms with Crippen molar-refractivity contribution in [1.29, 1.82) is 0 Å². The molecule has 0 spiro atoms. The molecule has 3 N–H and O–H groups in total. The largest absolute Gasteiger partial charge is 0.329 e. The number of hydrogen-bond acceptors (Lipinski definition) is 2. The minimum absolute atomic E-state index is 0.495. The first-order valence-corrected chi connectivity index (χ1v) is 3.65. The molecule has 0 unspecified atom stereocenters. The predicted molar refractivity (Wildman–Crippen MR) is 41.4 cm³/mol. The summed E-state index contributed by atoms with van der Waals surface area (Å²) in [4.78, 5) is 0. The molecule has 0 aliphatic carbocycles. The van der Waals surface area contributed by atoms with Gasteiger partial charge in [0.05, 0.1) is 0 Å². The zero-order chi connectivity index (χ0) is 7.28. The second-order valence-corrected chi connectivity index (χ2v) is 2.64. The van der Waals surface area contributed by atoms with Crippen molar-refractivity contribution in [1.82, 2.24) is 5.32 Å². The molecule has 2 nitrogen and oxygen atoms in total. The van der Waals surface area contributed by atoms with Gasteiger partial charge in [-0.2, -0.15) is 0 Å². The summed E-state index contributed by atoms with van der Waals surface area (Å²) in [6.07, 6.45) is 0. The summed E-state index contributed by atoms with van der Waals surface area (Å²) in [5.41, 5.74) is 5.50. The van der Waals surface area contributed by atoms with Crippen LogP contribution in [0, 0.1) is 5.92 Å². The molecule has 0 aliphatic heterocycles. The molecular formula is C7H18N2. The van der Waals surface area contributed by atoms with Gasteiger partial charge in [0.2, 0.25) is 0 Å². The van der Waals surface area contributed by atoms with Gasteiger partial charge in [-0.25, -0.2) is 0 Å². The summed E-state index contributed by atoms with van der Waals surface area (Å²) in [7, 11) is 0. The first-order chi connectivity index (χ1) is 4.22. The Kier molecular flexibility index (Phi) is 4.72. The zero-order valence-electron chi connectivity index (χ0n) is 6.65. The van der Waals surface area contributed by atoms with Gasteiger partial charge in [-0.15, -0.1) is 0 Å². The summed E-state index contributed by atoms with van der Waals surface area (Å²) in [6.45, 7) is 8.22. The monoisotopic (exact) mass is 130 g/mol. The number of hydrogen-bond donors (Lipinski definition) is 2. The van der Waals surface area contributed by atoms with Crippen molar-refractivity contribution in [3.05, 3.63) is 0 Å². The Morgan fingerprint density at radius 3 is 2.11 bits per heavy atom. The van der Waals surface area contributed by atoms with Crippen molar-refractivity contribution in [2.24, 2.45) is 11.7 Å². The Balaban J connectivity index is 3.41. The van der Waals surface area contributed by atoms with Crippen LogP contribution < -0.4 is 11.1 Å². The van der Waals surface area contributed by atoms with Crippen LogP contribution in [0.3, 0.4) is 0 Å². The minimum Gasteiger partial charge on any atom is -0.329 e. The maximum atomic E-state index is 5.50. The molecule has 2 heteroatoms. The van der Waals surface area contributed by atoms with Crippen molar-refractivity contribution in [3.8, 4) is 0 Å². The summed E-state index contributed by atoms with van der Waals surface area (Å²) < 4.78 is 0. The minimum atomic E-state index is 0.495. The van der Waals surface area contributed by atoms with E-state index in [4.69, 9.17) is 5.73 Å². The third-order valence-electron chi connectivity index (χ3n) is 1.52. The van der Waals surface area contributed by atoms with Gasteiger partial charge >= 0.3 is 0 Å². The quantitative estimate of drug-likeness (QED) is 0.584. The van der Waals surface area contributed by atoms with E-state index in [1.54, 1.807) is 0 Å². The highest BCUT2D eigenvalue weighted by Crippen LogP contribution is 1.97. The van der Waals surface area contributed by atoms with Crippen molar-refractivity contribution < 1.29 is 0 Å². The Morgan fingerprint density at radius 2 is 2.00 bits per heavy atom. The molecule has 0 heterocycles. The van der Waals surface area contributed by atoms with Crippen LogP contribution in [0.4, 0.5) is 0 Å². The molecule has 1 atom stereocenters. The molecule has 0 saturated heterocycles. The number of nitrogens with one attached hydrogen (secondary N) is 1. The second-order valence-electron chi connectivity index (χ2n) is 2.64. The second kappa shape index (κ2) is 4.77. The van der Waals surface area contributed by atoms with E-state index in [9.17, 15) is 0 Å². The van der Waals surface area contributed by atoms with Crippen molar-refractivity contribution >= 4 is 0 Å². The van der Waals surface area contributed by atoms with E-state index in [0.29, 0.717) is 12.0 Å². The summed E-state index contributed by atoms with van der Waals surface area (Å²) in [5, 5.41) is 3.31. The molecule has 0 fully saturated rings. The molecule has 0 saturated carbocycles. The van der Waals surface area contributed by atoms with Crippen LogP contribution >= 0.6 is 0 Å². The van der Waals surface area contributed by atoms with Crippen molar-refractivity contribution in [3.63, 3.8) is 0 Å². The molecule has 0 radical (unpaired) electrons. The van der Waals surface area contributed by atoms with Gasteiger partial charge in [0.1, 0.15) is 0 Å². The lowest BCUT2D eigenvalue weighted by atomic mass is 10.1. The van der Waals surface area contributed by atoms with E-state index in [2.05, 4.69) is 26.1 Å². The molecule has 0 bridgehead atoms. The van der Waals surface area contributed by atoms with Crippen LogP contribution in [0.15, 0.2) is 0 Å². The van der Waals surface area contributed by atoms with E-state index < -0.39 is 0 Å². The Morgan fingerprint density at radius 1 is 1.44 bits per heavy atom. The van der Waals surface area contributed by atoms with E-state index in [1.807, 2.05) is 0 Å². The average molecular weight is 130 g/mol. The molecule has 9 heavy (non-hydrogen) atoms. The fourth-order valence-electron chi connectivity index (χ4n) is 0.853. The van der Waals surface area contributed by atoms with Gasteiger partial charge < -0.3 is 11.1 Å². The topological polar surface area (TPSA) is 38.0 Å². The van der Waals surface area contributed by atoms with Crippen LogP contribution in [0.5, 0.6) is 0 Å². The number of nitrogens with two attached hydrogens (primary N) is 1. The van der Waals surface area contributed by atoms with Gasteiger partial charge in [-0.1, -0.05) is 20.8 Å². The number of likely N-dealkylation sites (N-methyl/N-ethyl adjacent to an activating group) is 1. The first kappa shape index (κ1) is 8.92. The molecule has 0 aromatic heterocycles. The molecule has 0 rings (SSSR count). The fourth-order valence-corrected chi connectivity index (χ4v) is 0.853. The highest BCUT2D eigenvalue weighted by molar-refractivity contribution is 4.69. The lowest BCUT2D eigenvalue weighted by Crippen LogP contribution is -2.39. The maximum absolute atomic E-state index is 5.50. The summed E-state index contributed by atoms with van der Waals surface area (Å²) >= 11 is 0. The standard InChI is InChI=1S/C7H18N2/c1-4-9-7(5-8)6(2)3/h6-7,9H,4-5,8H2,1-3H3/t7-/m1/s1. The van der Waals surface area contributed by atoms with Crippen molar-refractivity contribution in [2.75, 3.05) is 13.1 Å². The van der Waals surface area contributed by atoms with E-state index in [1.165, 1.54) is 0 Å². The zero-order valence-corrected chi connectivity index (χ0v) is 6.65. The van der Waals surface area contributed by atoms with Crippen molar-refractivity contribution in [2.45, 2.75) is 26.8 Å². The highest BCUT2D eigenvalue weighted by atomic mass is 14.9. The lowest BCUT2D eigenvalue weighted by molar-refractivity contribution is 0.415. The lowest BCUT2D eigenvalue weighted by Gasteiger charge is -2.18. The van der Waals surface area contributed by atoms with E-state index in [0.717, 1.165) is 13.1 Å². The first-order valence-electron chi connectivity index (χ1n) is 3.65. The Bertz CT molecular complexity index is 61.9. The molecule has 56 valence electrons. The van der Waals surface area contributed by atoms with Crippen LogP contribution in [0.2, 0.25) is 0 Å². The third-order valence-corrected chi connectivity index (χ3v) is 1.52. The van der Waals surface area contributed by atoms with Crippen LogP contribution in [-0.4, -0.2) is 19.1 Å². The highest BCUT2D eigenvalue weighted by Gasteiger charge is 2.07. The molecule has 0 amide bonds. The summed E-state index contributed by atoms with van der Waals surface area (Å²) in [6, 6.07) is 0.495. The van der Waals surface area contributed by atoms with Gasteiger partial charge in [0.15, 0.2) is 0 Å². The molecular weight excluding hydrogens is 112 g/mol. The normalized spacial score (nSPS) is 14.3. The average Bonchev–Trinajstić information content (AvgIpc) is 1.82. The predicted octanol–water partition coefficient (Wildman–Crippen LogP) is 0.579. The fraction of sp³-hybridized carbons (Fsp3) is 1.00. The molecule has 0 aromatic rings. The van der Waals surface area contributed by atoms with Crippen LogP contribution in [0.25, 0.3) is 0 Å². The van der Waals surface area contributed by atoms with Crippen LogP contribution in [-0.2, 0) is 0 Å². The SMILES string of the molecule is CCN[C@H](CN)C(C)C. The molecule has 0 aromatic carbocycles. The smallest absolute Gasteiger partial charge is 0.0213 e. The third kappa shape index (κ3) is 3.49. The Labute approximate surface area is 57.8 Å². The van der Waals surface area contributed by atoms with Gasteiger partial charge in [0, 0.05) is 12.6 Å². The summed E-state index contributed by atoms with van der Waals surface area (Å²) in [5.74, 6) is 0.648. The number of rotatable bonds is 4. The van der Waals surface area contributed by atoms with E-state index in [-0.39, 0.29) is 0 Å². The maximum Gasteiger partial charge on any atom is 0.0213 e. The molecule has 0 aliphatic rings. The van der Waals surface area contributed by atoms with Gasteiger partial charge in [-0.3, -0.25) is 0 Å². The van der Waals surface area contributed by atoms with E-state index >= 15 is 0 Å². The van der Waals surface area contributed by atoms with Gasteiger partial charge in [-0.05, 0) is 12.5 Å². The Hall–Kier alpha value is -0.0800. The van der Waals surface area contributed by atoms with Gasteiger partial charge in [0.25, 0.3) is 0 Å².